The Bertz CT molecular complexity index is 541. The highest BCUT2D eigenvalue weighted by Gasteiger charge is 2.42. The summed E-state index contributed by atoms with van der Waals surface area (Å²) in [5.74, 6) is 0.576. The van der Waals surface area contributed by atoms with Crippen molar-refractivity contribution >= 4 is 11.8 Å². The Morgan fingerprint density at radius 2 is 2.40 bits per heavy atom. The minimum atomic E-state index is -0.825. The molecule has 1 atom stereocenters. The monoisotopic (exact) mass is 278 g/mol. The fraction of sp³-hybridized carbons (Fsp3) is 0.538. The molecule has 7 heteroatoms. The molecule has 0 saturated carbocycles. The van der Waals surface area contributed by atoms with Gasteiger partial charge < -0.3 is 26.3 Å². The summed E-state index contributed by atoms with van der Waals surface area (Å²) in [5.41, 5.74) is 12.8. The van der Waals surface area contributed by atoms with E-state index in [-0.39, 0.29) is 0 Å². The maximum Gasteiger partial charge on any atom is 0.405 e. The van der Waals surface area contributed by atoms with Crippen molar-refractivity contribution in [2.24, 2.45) is 5.73 Å². The number of primary amides is 1. The first-order valence-electron chi connectivity index (χ1n) is 6.72. The number of aromatic nitrogens is 1. The number of carbonyl (C=O) groups is 1. The lowest BCUT2D eigenvalue weighted by Crippen LogP contribution is -2.48. The Labute approximate surface area is 116 Å². The Morgan fingerprint density at radius 3 is 3.10 bits per heavy atom. The van der Waals surface area contributed by atoms with Crippen LogP contribution in [0.2, 0.25) is 0 Å². The van der Waals surface area contributed by atoms with Crippen LogP contribution in [0, 0.1) is 0 Å². The molecular weight excluding hydrogens is 260 g/mol. The van der Waals surface area contributed by atoms with E-state index in [9.17, 15) is 4.79 Å². The Kier molecular flexibility index (Phi) is 3.13. The highest BCUT2D eigenvalue weighted by atomic mass is 16.6. The van der Waals surface area contributed by atoms with Crippen LogP contribution in [0.3, 0.4) is 0 Å². The summed E-state index contributed by atoms with van der Waals surface area (Å²) < 4.78 is 11.0. The number of rotatable bonds is 2. The predicted molar refractivity (Wildman–Crippen MR) is 72.3 cm³/mol. The molecule has 108 valence electrons. The molecule has 1 aromatic heterocycles. The third-order valence-corrected chi connectivity index (χ3v) is 3.86. The highest BCUT2D eigenvalue weighted by molar-refractivity contribution is 5.67. The molecule has 1 amide bonds. The van der Waals surface area contributed by atoms with E-state index in [4.69, 9.17) is 20.9 Å². The maximum absolute atomic E-state index is 11.3. The van der Waals surface area contributed by atoms with E-state index in [2.05, 4.69) is 10.3 Å². The number of nitrogen functional groups attached to an aromatic ring is 1. The summed E-state index contributed by atoms with van der Waals surface area (Å²) in [5, 5.41) is 3.25. The second-order valence-corrected chi connectivity index (χ2v) is 5.17. The summed E-state index contributed by atoms with van der Waals surface area (Å²) >= 11 is 0. The Balaban J connectivity index is 2.12. The molecule has 3 heterocycles. The van der Waals surface area contributed by atoms with Gasteiger partial charge in [0.1, 0.15) is 0 Å². The molecule has 1 saturated heterocycles. The standard InChI is InChI=1S/C13H18N4O3/c14-9-6-17-11-8(2-5-19-11)10(9)13(20-12(15)18)3-1-4-16-7-13/h6,16H,1-5,7,14H2,(H2,15,18)/t13-/m1/s1. The molecule has 0 spiro atoms. The third kappa shape index (κ3) is 2.03. The van der Waals surface area contributed by atoms with E-state index in [1.165, 1.54) is 0 Å². The van der Waals surface area contributed by atoms with Crippen LogP contribution in [0.5, 0.6) is 5.88 Å². The summed E-state index contributed by atoms with van der Waals surface area (Å²) in [6.45, 7) is 1.95. The molecule has 7 nitrogen and oxygen atoms in total. The van der Waals surface area contributed by atoms with E-state index < -0.39 is 11.7 Å². The fourth-order valence-corrected chi connectivity index (χ4v) is 3.12. The molecule has 1 aromatic rings. The van der Waals surface area contributed by atoms with E-state index in [1.54, 1.807) is 6.20 Å². The number of hydrogen-bond donors (Lipinski definition) is 3. The van der Waals surface area contributed by atoms with Crippen LogP contribution in [-0.2, 0) is 16.8 Å². The minimum absolute atomic E-state index is 0.497. The molecule has 20 heavy (non-hydrogen) atoms. The van der Waals surface area contributed by atoms with Gasteiger partial charge in [0.05, 0.1) is 18.5 Å². The van der Waals surface area contributed by atoms with Crippen LogP contribution < -0.4 is 21.5 Å². The minimum Gasteiger partial charge on any atom is -0.477 e. The number of ether oxygens (including phenoxy) is 2. The maximum atomic E-state index is 11.3. The van der Waals surface area contributed by atoms with Gasteiger partial charge in [-0.1, -0.05) is 0 Å². The molecule has 1 fully saturated rings. The predicted octanol–water partition coefficient (Wildman–Crippen LogP) is 0.273. The van der Waals surface area contributed by atoms with E-state index in [0.717, 1.165) is 24.1 Å². The van der Waals surface area contributed by atoms with Gasteiger partial charge in [-0.3, -0.25) is 0 Å². The highest BCUT2D eigenvalue weighted by Crippen LogP contribution is 2.42. The summed E-state index contributed by atoms with van der Waals surface area (Å²) in [4.78, 5) is 15.5. The van der Waals surface area contributed by atoms with Gasteiger partial charge in [-0.25, -0.2) is 9.78 Å². The number of pyridine rings is 1. The van der Waals surface area contributed by atoms with Crippen LogP contribution >= 0.6 is 0 Å². The number of nitrogens with zero attached hydrogens (tertiary/aromatic N) is 1. The average molecular weight is 278 g/mol. The number of piperidine rings is 1. The van der Waals surface area contributed by atoms with Gasteiger partial charge in [-0.15, -0.1) is 0 Å². The number of anilines is 1. The quantitative estimate of drug-likeness (QED) is 0.716. The van der Waals surface area contributed by atoms with Crippen LogP contribution in [0.25, 0.3) is 0 Å². The molecule has 0 bridgehead atoms. The van der Waals surface area contributed by atoms with E-state index >= 15 is 0 Å². The second kappa shape index (κ2) is 4.82. The average Bonchev–Trinajstić information content (AvgIpc) is 2.86. The topological polar surface area (TPSA) is 112 Å². The van der Waals surface area contributed by atoms with Gasteiger partial charge in [-0.05, 0) is 19.4 Å². The lowest BCUT2D eigenvalue weighted by molar-refractivity contribution is -0.00587. The van der Waals surface area contributed by atoms with Crippen molar-refractivity contribution in [1.82, 2.24) is 10.3 Å². The van der Waals surface area contributed by atoms with Gasteiger partial charge in [0.15, 0.2) is 5.60 Å². The molecule has 3 rings (SSSR count). The van der Waals surface area contributed by atoms with Gasteiger partial charge >= 0.3 is 6.09 Å². The van der Waals surface area contributed by atoms with Crippen LogP contribution in [0.1, 0.15) is 24.0 Å². The van der Waals surface area contributed by atoms with Crippen LogP contribution in [0.4, 0.5) is 10.5 Å². The van der Waals surface area contributed by atoms with Gasteiger partial charge in [0, 0.05) is 24.1 Å². The number of nitrogens with one attached hydrogen (secondary N) is 1. The molecular formula is C13H18N4O3. The number of fused-ring (bicyclic) bond motifs is 1. The largest absolute Gasteiger partial charge is 0.477 e. The summed E-state index contributed by atoms with van der Waals surface area (Å²) in [7, 11) is 0. The smallest absolute Gasteiger partial charge is 0.405 e. The first kappa shape index (κ1) is 13.0. The summed E-state index contributed by atoms with van der Waals surface area (Å²) in [6.07, 6.45) is 3.04. The zero-order valence-corrected chi connectivity index (χ0v) is 11.1. The van der Waals surface area contributed by atoms with Crippen molar-refractivity contribution in [2.75, 3.05) is 25.4 Å². The van der Waals surface area contributed by atoms with Crippen molar-refractivity contribution < 1.29 is 14.3 Å². The SMILES string of the molecule is NC(=O)O[C@]1(c2c(N)cnc3c2CCO3)CCCNC1. The van der Waals surface area contributed by atoms with Crippen molar-refractivity contribution in [2.45, 2.75) is 24.9 Å². The van der Waals surface area contributed by atoms with Crippen molar-refractivity contribution in [3.8, 4) is 5.88 Å². The van der Waals surface area contributed by atoms with Crippen molar-refractivity contribution in [1.29, 1.82) is 0 Å². The Hall–Kier alpha value is -2.02. The Morgan fingerprint density at radius 1 is 1.55 bits per heavy atom. The number of hydrogen-bond acceptors (Lipinski definition) is 6. The lowest BCUT2D eigenvalue weighted by Gasteiger charge is -2.38. The fourth-order valence-electron chi connectivity index (χ4n) is 3.12. The molecule has 5 N–H and O–H groups in total. The molecule has 2 aliphatic rings. The van der Waals surface area contributed by atoms with Crippen molar-refractivity contribution in [3.63, 3.8) is 0 Å². The first-order chi connectivity index (χ1) is 9.62. The molecule has 2 aliphatic heterocycles. The molecule has 0 unspecified atom stereocenters. The van der Waals surface area contributed by atoms with Gasteiger partial charge in [0.25, 0.3) is 0 Å². The number of amides is 1. The number of nitrogens with two attached hydrogens (primary N) is 2. The first-order valence-corrected chi connectivity index (χ1v) is 6.72. The number of carbonyl (C=O) groups excluding carboxylic acids is 1. The van der Waals surface area contributed by atoms with Crippen molar-refractivity contribution in [3.05, 3.63) is 17.3 Å². The molecule has 0 aromatic carbocycles. The third-order valence-electron chi connectivity index (χ3n) is 3.86. The second-order valence-electron chi connectivity index (χ2n) is 5.17. The molecule has 0 radical (unpaired) electrons. The van der Waals surface area contributed by atoms with Crippen LogP contribution in [0.15, 0.2) is 6.20 Å². The van der Waals surface area contributed by atoms with E-state index in [1.807, 2.05) is 0 Å². The van der Waals surface area contributed by atoms with E-state index in [0.29, 0.717) is 37.6 Å². The zero-order valence-electron chi connectivity index (χ0n) is 11.1. The summed E-state index contributed by atoms with van der Waals surface area (Å²) in [6, 6.07) is 0. The van der Waals surface area contributed by atoms with Gasteiger partial charge in [0.2, 0.25) is 5.88 Å². The zero-order chi connectivity index (χ0) is 14.2. The van der Waals surface area contributed by atoms with Gasteiger partial charge in [-0.2, -0.15) is 0 Å². The molecule has 0 aliphatic carbocycles. The normalized spacial score (nSPS) is 24.8. The van der Waals surface area contributed by atoms with Crippen LogP contribution in [-0.4, -0.2) is 30.8 Å². The lowest BCUT2D eigenvalue weighted by atomic mass is 9.82.